The van der Waals surface area contributed by atoms with E-state index in [9.17, 15) is 5.11 Å². The van der Waals surface area contributed by atoms with Crippen molar-refractivity contribution < 1.29 is 14.6 Å². The van der Waals surface area contributed by atoms with E-state index in [1.54, 1.807) is 14.2 Å². The minimum Gasteiger partial charge on any atom is -0.496 e. The van der Waals surface area contributed by atoms with Crippen LogP contribution in [-0.2, 0) is 4.74 Å². The molecule has 0 radical (unpaired) electrons. The van der Waals surface area contributed by atoms with E-state index in [-0.39, 0.29) is 6.04 Å². The molecule has 108 valence electrons. The van der Waals surface area contributed by atoms with Gasteiger partial charge in [-0.05, 0) is 38.9 Å². The van der Waals surface area contributed by atoms with Crippen molar-refractivity contribution in [3.8, 4) is 5.75 Å². The van der Waals surface area contributed by atoms with Crippen molar-refractivity contribution >= 4 is 0 Å². The Morgan fingerprint density at radius 1 is 1.32 bits per heavy atom. The number of aliphatic hydroxyl groups is 1. The molecule has 0 aliphatic carbocycles. The number of aryl methyl sites for hydroxylation is 1. The first kappa shape index (κ1) is 16.0. The summed E-state index contributed by atoms with van der Waals surface area (Å²) in [6.07, 6.45) is 0.343. The molecule has 0 heterocycles. The predicted molar refractivity (Wildman–Crippen MR) is 76.6 cm³/mol. The van der Waals surface area contributed by atoms with Crippen LogP contribution in [0.3, 0.4) is 0 Å². The number of methoxy groups -OCH3 is 2. The SMILES string of the molecule is COCCCNC(C)C(O)c1cc(C)ccc1OC. The maximum atomic E-state index is 10.4. The minimum absolute atomic E-state index is 0.0347. The Hall–Kier alpha value is -1.10. The summed E-state index contributed by atoms with van der Waals surface area (Å²) < 4.78 is 10.3. The number of hydrogen-bond donors (Lipinski definition) is 2. The third-order valence-electron chi connectivity index (χ3n) is 3.17. The van der Waals surface area contributed by atoms with E-state index in [1.807, 2.05) is 32.0 Å². The number of aliphatic hydroxyl groups excluding tert-OH is 1. The fourth-order valence-corrected chi connectivity index (χ4v) is 2.01. The average molecular weight is 267 g/mol. The van der Waals surface area contributed by atoms with Crippen LogP contribution in [0.5, 0.6) is 5.75 Å². The molecule has 0 spiro atoms. The van der Waals surface area contributed by atoms with Crippen molar-refractivity contribution in [1.29, 1.82) is 0 Å². The molecule has 19 heavy (non-hydrogen) atoms. The molecule has 0 saturated carbocycles. The first-order chi connectivity index (χ1) is 9.10. The van der Waals surface area contributed by atoms with E-state index in [2.05, 4.69) is 5.32 Å². The van der Waals surface area contributed by atoms with Gasteiger partial charge < -0.3 is 19.9 Å². The molecule has 0 amide bonds. The zero-order valence-corrected chi connectivity index (χ0v) is 12.3. The second-order valence-electron chi connectivity index (χ2n) is 4.78. The molecular formula is C15H25NO3. The van der Waals surface area contributed by atoms with Crippen LogP contribution in [0.25, 0.3) is 0 Å². The lowest BCUT2D eigenvalue weighted by Crippen LogP contribution is -2.33. The summed E-state index contributed by atoms with van der Waals surface area (Å²) in [5, 5.41) is 13.7. The van der Waals surface area contributed by atoms with Crippen molar-refractivity contribution in [3.63, 3.8) is 0 Å². The van der Waals surface area contributed by atoms with E-state index in [0.717, 1.165) is 36.4 Å². The Bertz CT molecular complexity index is 382. The van der Waals surface area contributed by atoms with Crippen LogP contribution in [0.1, 0.15) is 30.6 Å². The second kappa shape index (κ2) is 8.15. The van der Waals surface area contributed by atoms with Crippen LogP contribution < -0.4 is 10.1 Å². The van der Waals surface area contributed by atoms with Gasteiger partial charge in [0.25, 0.3) is 0 Å². The van der Waals surface area contributed by atoms with Gasteiger partial charge in [0.05, 0.1) is 13.2 Å². The van der Waals surface area contributed by atoms with Gasteiger partial charge in [-0.1, -0.05) is 11.6 Å². The standard InChI is InChI=1S/C15H25NO3/c1-11-6-7-14(19-4)13(10-11)15(17)12(2)16-8-5-9-18-3/h6-7,10,12,15-17H,5,8-9H2,1-4H3. The molecule has 2 N–H and O–H groups in total. The fraction of sp³-hybridized carbons (Fsp3) is 0.600. The molecule has 1 rings (SSSR count). The summed E-state index contributed by atoms with van der Waals surface area (Å²) in [4.78, 5) is 0. The van der Waals surface area contributed by atoms with Crippen LogP contribution in [0.15, 0.2) is 18.2 Å². The van der Waals surface area contributed by atoms with E-state index < -0.39 is 6.10 Å². The lowest BCUT2D eigenvalue weighted by atomic mass is 10.0. The lowest BCUT2D eigenvalue weighted by molar-refractivity contribution is 0.129. The van der Waals surface area contributed by atoms with E-state index >= 15 is 0 Å². The van der Waals surface area contributed by atoms with Crippen LogP contribution in [-0.4, -0.2) is 38.5 Å². The topological polar surface area (TPSA) is 50.7 Å². The molecule has 0 saturated heterocycles. The number of ether oxygens (including phenoxy) is 2. The highest BCUT2D eigenvalue weighted by Gasteiger charge is 2.19. The van der Waals surface area contributed by atoms with Crippen molar-refractivity contribution in [2.45, 2.75) is 32.4 Å². The molecule has 0 aliphatic heterocycles. The summed E-state index contributed by atoms with van der Waals surface area (Å²) in [6.45, 7) is 5.52. The molecular weight excluding hydrogens is 242 g/mol. The van der Waals surface area contributed by atoms with E-state index in [0.29, 0.717) is 0 Å². The van der Waals surface area contributed by atoms with Crippen LogP contribution in [0.2, 0.25) is 0 Å². The summed E-state index contributed by atoms with van der Waals surface area (Å²) in [6, 6.07) is 5.81. The van der Waals surface area contributed by atoms with Crippen molar-refractivity contribution in [3.05, 3.63) is 29.3 Å². The quantitative estimate of drug-likeness (QED) is 0.708. The summed E-state index contributed by atoms with van der Waals surface area (Å²) in [5.74, 6) is 0.726. The van der Waals surface area contributed by atoms with Crippen LogP contribution >= 0.6 is 0 Å². The van der Waals surface area contributed by atoms with Crippen molar-refractivity contribution in [2.75, 3.05) is 27.4 Å². The normalized spacial score (nSPS) is 14.2. The van der Waals surface area contributed by atoms with Gasteiger partial charge >= 0.3 is 0 Å². The molecule has 4 nitrogen and oxygen atoms in total. The summed E-state index contributed by atoms with van der Waals surface area (Å²) >= 11 is 0. The molecule has 4 heteroatoms. The zero-order chi connectivity index (χ0) is 14.3. The Labute approximate surface area is 115 Å². The molecule has 1 aromatic rings. The van der Waals surface area contributed by atoms with Gasteiger partial charge in [-0.15, -0.1) is 0 Å². The maximum absolute atomic E-state index is 10.4. The Kier molecular flexibility index (Phi) is 6.84. The number of rotatable bonds is 8. The molecule has 0 bridgehead atoms. The molecule has 0 aromatic heterocycles. The van der Waals surface area contributed by atoms with E-state index in [4.69, 9.17) is 9.47 Å². The third kappa shape index (κ3) is 4.82. The zero-order valence-electron chi connectivity index (χ0n) is 12.3. The Balaban J connectivity index is 2.65. The first-order valence-corrected chi connectivity index (χ1v) is 6.65. The first-order valence-electron chi connectivity index (χ1n) is 6.65. The third-order valence-corrected chi connectivity index (χ3v) is 3.17. The van der Waals surface area contributed by atoms with Gasteiger partial charge in [0.2, 0.25) is 0 Å². The van der Waals surface area contributed by atoms with Gasteiger partial charge in [-0.2, -0.15) is 0 Å². The Morgan fingerprint density at radius 2 is 2.05 bits per heavy atom. The van der Waals surface area contributed by atoms with Crippen LogP contribution in [0, 0.1) is 6.92 Å². The molecule has 0 fully saturated rings. The average Bonchev–Trinajstić information content (AvgIpc) is 2.42. The van der Waals surface area contributed by atoms with Gasteiger partial charge in [0.15, 0.2) is 0 Å². The highest BCUT2D eigenvalue weighted by atomic mass is 16.5. The number of benzene rings is 1. The monoisotopic (exact) mass is 267 g/mol. The van der Waals surface area contributed by atoms with Crippen LogP contribution in [0.4, 0.5) is 0 Å². The maximum Gasteiger partial charge on any atom is 0.124 e. The molecule has 2 unspecified atom stereocenters. The van der Waals surface area contributed by atoms with Crippen molar-refractivity contribution in [2.24, 2.45) is 0 Å². The van der Waals surface area contributed by atoms with Gasteiger partial charge in [-0.25, -0.2) is 0 Å². The lowest BCUT2D eigenvalue weighted by Gasteiger charge is -2.22. The largest absolute Gasteiger partial charge is 0.496 e. The highest BCUT2D eigenvalue weighted by Crippen LogP contribution is 2.28. The van der Waals surface area contributed by atoms with Gasteiger partial charge in [0.1, 0.15) is 5.75 Å². The molecule has 2 atom stereocenters. The summed E-state index contributed by atoms with van der Waals surface area (Å²) in [7, 11) is 3.31. The number of hydrogen-bond acceptors (Lipinski definition) is 4. The van der Waals surface area contributed by atoms with Crippen molar-refractivity contribution in [1.82, 2.24) is 5.32 Å². The Morgan fingerprint density at radius 3 is 2.68 bits per heavy atom. The van der Waals surface area contributed by atoms with Gasteiger partial charge in [-0.3, -0.25) is 0 Å². The number of nitrogens with one attached hydrogen (secondary N) is 1. The molecule has 0 aliphatic rings. The smallest absolute Gasteiger partial charge is 0.124 e. The summed E-state index contributed by atoms with van der Waals surface area (Å²) in [5.41, 5.74) is 1.94. The van der Waals surface area contributed by atoms with E-state index in [1.165, 1.54) is 0 Å². The molecule has 1 aromatic carbocycles. The fourth-order valence-electron chi connectivity index (χ4n) is 2.01. The second-order valence-corrected chi connectivity index (χ2v) is 4.78. The predicted octanol–water partition coefficient (Wildman–Crippen LogP) is 2.05. The van der Waals surface area contributed by atoms with Gasteiger partial charge in [0, 0.05) is 25.3 Å². The highest BCUT2D eigenvalue weighted by molar-refractivity contribution is 5.39. The minimum atomic E-state index is -0.586.